The van der Waals surface area contributed by atoms with Gasteiger partial charge in [-0.3, -0.25) is 0 Å². The number of pyridine rings is 1. The van der Waals surface area contributed by atoms with E-state index in [1.165, 1.54) is 0 Å². The van der Waals surface area contributed by atoms with Crippen LogP contribution in [-0.4, -0.2) is 19.2 Å². The molecule has 0 bridgehead atoms. The maximum atomic E-state index is 13.8. The largest absolute Gasteiger partial charge is 0.497 e. The fraction of sp³-hybridized carbons (Fsp3) is 0.267. The van der Waals surface area contributed by atoms with Crippen LogP contribution in [0.4, 0.5) is 10.2 Å². The van der Waals surface area contributed by atoms with E-state index < -0.39 is 0 Å². The third-order valence-corrected chi connectivity index (χ3v) is 3.02. The summed E-state index contributed by atoms with van der Waals surface area (Å²) in [5.41, 5.74) is 1.46. The number of anilines is 1. The third-order valence-electron chi connectivity index (χ3n) is 3.02. The minimum atomic E-state index is -0.333. The van der Waals surface area contributed by atoms with Gasteiger partial charge >= 0.3 is 0 Å². The molecule has 2 rings (SSSR count). The molecule has 0 spiro atoms. The van der Waals surface area contributed by atoms with Crippen LogP contribution in [0.1, 0.15) is 11.1 Å². The van der Waals surface area contributed by atoms with Gasteiger partial charge in [0.1, 0.15) is 11.5 Å². The summed E-state index contributed by atoms with van der Waals surface area (Å²) in [4.78, 5) is 3.99. The number of aromatic nitrogens is 1. The van der Waals surface area contributed by atoms with Gasteiger partial charge in [0.2, 0.25) is 0 Å². The van der Waals surface area contributed by atoms with Crippen LogP contribution in [0.25, 0.3) is 0 Å². The number of benzene rings is 1. The van der Waals surface area contributed by atoms with Gasteiger partial charge in [-0.25, -0.2) is 9.37 Å². The lowest BCUT2D eigenvalue weighted by Crippen LogP contribution is -2.06. The number of aryl methyl sites for hydroxylation is 1. The Balaban J connectivity index is 2.16. The second-order valence-corrected chi connectivity index (χ2v) is 4.32. The molecule has 0 saturated heterocycles. The van der Waals surface area contributed by atoms with Gasteiger partial charge in [0.15, 0.2) is 11.6 Å². The van der Waals surface area contributed by atoms with Gasteiger partial charge < -0.3 is 14.8 Å². The van der Waals surface area contributed by atoms with Crippen molar-refractivity contribution in [2.45, 2.75) is 13.5 Å². The highest BCUT2D eigenvalue weighted by Crippen LogP contribution is 2.25. The molecule has 4 nitrogen and oxygen atoms in total. The summed E-state index contributed by atoms with van der Waals surface area (Å²) >= 11 is 0. The average molecular weight is 276 g/mol. The van der Waals surface area contributed by atoms with Gasteiger partial charge in [0.25, 0.3) is 0 Å². The summed E-state index contributed by atoms with van der Waals surface area (Å²) < 4.78 is 24.3. The minimum Gasteiger partial charge on any atom is -0.497 e. The molecule has 0 atom stereocenters. The van der Waals surface area contributed by atoms with Crippen LogP contribution < -0.4 is 14.8 Å². The summed E-state index contributed by atoms with van der Waals surface area (Å²) in [6, 6.07) is 7.13. The predicted octanol–water partition coefficient (Wildman–Crippen LogP) is 3.16. The molecule has 2 aromatic rings. The van der Waals surface area contributed by atoms with Crippen molar-refractivity contribution in [3.63, 3.8) is 0 Å². The van der Waals surface area contributed by atoms with Crippen LogP contribution in [0, 0.1) is 12.7 Å². The molecule has 1 aromatic heterocycles. The van der Waals surface area contributed by atoms with Crippen LogP contribution in [0.5, 0.6) is 11.5 Å². The smallest absolute Gasteiger partial charge is 0.168 e. The SMILES string of the molecule is COc1ccc(CNc2nccc(C)c2F)c(OC)c1. The van der Waals surface area contributed by atoms with E-state index >= 15 is 0 Å². The number of methoxy groups -OCH3 is 2. The van der Waals surface area contributed by atoms with Crippen molar-refractivity contribution < 1.29 is 13.9 Å². The fourth-order valence-electron chi connectivity index (χ4n) is 1.84. The van der Waals surface area contributed by atoms with E-state index in [0.717, 1.165) is 5.56 Å². The Morgan fingerprint density at radius 3 is 2.70 bits per heavy atom. The highest BCUT2D eigenvalue weighted by molar-refractivity contribution is 5.45. The molecule has 1 N–H and O–H groups in total. The standard InChI is InChI=1S/C15H17FN2O2/c1-10-6-7-17-15(14(10)16)18-9-11-4-5-12(19-2)8-13(11)20-3/h4-8H,9H2,1-3H3,(H,17,18). The first-order valence-corrected chi connectivity index (χ1v) is 6.21. The normalized spacial score (nSPS) is 10.2. The maximum Gasteiger partial charge on any atom is 0.168 e. The van der Waals surface area contributed by atoms with E-state index in [9.17, 15) is 4.39 Å². The van der Waals surface area contributed by atoms with E-state index in [2.05, 4.69) is 10.3 Å². The Labute approximate surface area is 117 Å². The maximum absolute atomic E-state index is 13.8. The number of rotatable bonds is 5. The Kier molecular flexibility index (Phi) is 4.40. The molecule has 0 radical (unpaired) electrons. The van der Waals surface area contributed by atoms with Crippen molar-refractivity contribution in [1.82, 2.24) is 4.98 Å². The van der Waals surface area contributed by atoms with Crippen LogP contribution in [0.3, 0.4) is 0 Å². The van der Waals surface area contributed by atoms with Crippen LogP contribution >= 0.6 is 0 Å². The summed E-state index contributed by atoms with van der Waals surface area (Å²) in [7, 11) is 3.18. The lowest BCUT2D eigenvalue weighted by Gasteiger charge is -2.12. The topological polar surface area (TPSA) is 43.4 Å². The third kappa shape index (κ3) is 2.99. The number of hydrogen-bond acceptors (Lipinski definition) is 4. The molecule has 0 aliphatic rings. The van der Waals surface area contributed by atoms with Crippen molar-refractivity contribution in [2.75, 3.05) is 19.5 Å². The summed E-state index contributed by atoms with van der Waals surface area (Å²) in [6.45, 7) is 2.12. The molecule has 0 saturated carbocycles. The van der Waals surface area contributed by atoms with Crippen molar-refractivity contribution in [3.8, 4) is 11.5 Å². The van der Waals surface area contributed by atoms with Crippen LogP contribution in [0.2, 0.25) is 0 Å². The lowest BCUT2D eigenvalue weighted by atomic mass is 10.2. The molecule has 1 heterocycles. The van der Waals surface area contributed by atoms with E-state index in [1.54, 1.807) is 39.5 Å². The number of nitrogens with one attached hydrogen (secondary N) is 1. The number of ether oxygens (including phenoxy) is 2. The van der Waals surface area contributed by atoms with Crippen molar-refractivity contribution in [1.29, 1.82) is 0 Å². The van der Waals surface area contributed by atoms with Gasteiger partial charge in [-0.1, -0.05) is 0 Å². The first-order chi connectivity index (χ1) is 9.65. The van der Waals surface area contributed by atoms with Gasteiger partial charge in [-0.15, -0.1) is 0 Å². The summed E-state index contributed by atoms with van der Waals surface area (Å²) in [5, 5.41) is 2.98. The summed E-state index contributed by atoms with van der Waals surface area (Å²) in [6.07, 6.45) is 1.58. The fourth-order valence-corrected chi connectivity index (χ4v) is 1.84. The van der Waals surface area contributed by atoms with Gasteiger partial charge in [0, 0.05) is 24.4 Å². The highest BCUT2D eigenvalue weighted by Gasteiger charge is 2.08. The van der Waals surface area contributed by atoms with E-state index in [0.29, 0.717) is 23.6 Å². The zero-order valence-corrected chi connectivity index (χ0v) is 11.7. The van der Waals surface area contributed by atoms with Crippen molar-refractivity contribution in [2.24, 2.45) is 0 Å². The Morgan fingerprint density at radius 1 is 1.20 bits per heavy atom. The molecular formula is C15H17FN2O2. The predicted molar refractivity (Wildman–Crippen MR) is 75.8 cm³/mol. The molecule has 0 amide bonds. The van der Waals surface area contributed by atoms with Crippen molar-refractivity contribution in [3.05, 3.63) is 47.4 Å². The Bertz CT molecular complexity index is 602. The van der Waals surface area contributed by atoms with Gasteiger partial charge in [0.05, 0.1) is 14.2 Å². The van der Waals surface area contributed by atoms with E-state index in [1.807, 2.05) is 12.1 Å². The second-order valence-electron chi connectivity index (χ2n) is 4.32. The highest BCUT2D eigenvalue weighted by atomic mass is 19.1. The lowest BCUT2D eigenvalue weighted by molar-refractivity contribution is 0.391. The summed E-state index contributed by atoms with van der Waals surface area (Å²) in [5.74, 6) is 1.30. The molecule has 0 aliphatic carbocycles. The van der Waals surface area contributed by atoms with Crippen molar-refractivity contribution >= 4 is 5.82 Å². The van der Waals surface area contributed by atoms with Gasteiger partial charge in [-0.2, -0.15) is 0 Å². The van der Waals surface area contributed by atoms with Gasteiger partial charge in [-0.05, 0) is 30.7 Å². The Hall–Kier alpha value is -2.30. The molecule has 0 unspecified atom stereocenters. The molecule has 5 heteroatoms. The quantitative estimate of drug-likeness (QED) is 0.911. The monoisotopic (exact) mass is 276 g/mol. The average Bonchev–Trinajstić information content (AvgIpc) is 2.48. The zero-order valence-electron chi connectivity index (χ0n) is 11.7. The van der Waals surface area contributed by atoms with Crippen LogP contribution in [-0.2, 0) is 6.54 Å². The van der Waals surface area contributed by atoms with Crippen LogP contribution in [0.15, 0.2) is 30.5 Å². The first-order valence-electron chi connectivity index (χ1n) is 6.21. The molecule has 0 aliphatic heterocycles. The first kappa shape index (κ1) is 14.1. The number of halogens is 1. The molecule has 0 fully saturated rings. The zero-order chi connectivity index (χ0) is 14.5. The minimum absolute atomic E-state index is 0.239. The molecule has 106 valence electrons. The molecular weight excluding hydrogens is 259 g/mol. The van der Waals surface area contributed by atoms with E-state index in [4.69, 9.17) is 9.47 Å². The Morgan fingerprint density at radius 2 is 2.00 bits per heavy atom. The number of hydrogen-bond donors (Lipinski definition) is 1. The molecule has 20 heavy (non-hydrogen) atoms. The second kappa shape index (κ2) is 6.23. The number of nitrogens with zero attached hydrogens (tertiary/aromatic N) is 1. The molecule has 1 aromatic carbocycles. The van der Waals surface area contributed by atoms with E-state index in [-0.39, 0.29) is 11.6 Å².